The zero-order valence-corrected chi connectivity index (χ0v) is 11.4. The summed E-state index contributed by atoms with van der Waals surface area (Å²) >= 11 is 0. The lowest BCUT2D eigenvalue weighted by Crippen LogP contribution is -2.25. The van der Waals surface area contributed by atoms with Crippen LogP contribution in [0.2, 0.25) is 0 Å². The maximum absolute atomic E-state index is 13.7. The fraction of sp³-hybridized carbons (Fsp3) is 0. The first-order chi connectivity index (χ1) is 10.7. The zero-order valence-electron chi connectivity index (χ0n) is 11.4. The van der Waals surface area contributed by atoms with Crippen LogP contribution in [0.4, 0.5) is 14.9 Å². The highest BCUT2D eigenvalue weighted by Crippen LogP contribution is 2.21. The van der Waals surface area contributed by atoms with Gasteiger partial charge in [0, 0.05) is 16.8 Å². The molecule has 0 spiro atoms. The van der Waals surface area contributed by atoms with E-state index in [1.165, 1.54) is 18.5 Å². The van der Waals surface area contributed by atoms with Crippen LogP contribution in [-0.2, 0) is 0 Å². The smallest absolute Gasteiger partial charge is 0.299 e. The zero-order chi connectivity index (χ0) is 15.4. The van der Waals surface area contributed by atoms with Crippen molar-refractivity contribution < 1.29 is 14.0 Å². The highest BCUT2D eigenvalue weighted by Gasteiger charge is 2.09. The van der Waals surface area contributed by atoms with Crippen LogP contribution >= 0.6 is 0 Å². The molecule has 1 N–H and O–H groups in total. The first kappa shape index (κ1) is 13.8. The Morgan fingerprint density at radius 3 is 2.59 bits per heavy atom. The number of hydrogen-bond acceptors (Lipinski definition) is 3. The van der Waals surface area contributed by atoms with E-state index in [4.69, 9.17) is 4.84 Å². The topological polar surface area (TPSA) is 56.1 Å². The Balaban J connectivity index is 1.70. The lowest BCUT2D eigenvalue weighted by molar-refractivity contribution is 0.130. The lowest BCUT2D eigenvalue weighted by atomic mass is 10.1. The lowest BCUT2D eigenvalue weighted by Gasteiger charge is -2.04. The Hall–Kier alpha value is -3.15. The number of rotatable bonds is 3. The first-order valence-electron chi connectivity index (χ1n) is 6.56. The van der Waals surface area contributed by atoms with Gasteiger partial charge in [-0.15, -0.1) is 5.10 Å². The molecule has 0 bridgehead atoms. The summed E-state index contributed by atoms with van der Waals surface area (Å²) in [5.74, 6) is -0.365. The number of anilines is 1. The summed E-state index contributed by atoms with van der Waals surface area (Å²) in [4.78, 5) is 17.7. The molecule has 110 valence electrons. The van der Waals surface area contributed by atoms with E-state index in [1.807, 2.05) is 6.07 Å². The summed E-state index contributed by atoms with van der Waals surface area (Å²) in [6.07, 6.45) is 2.17. The fourth-order valence-electron chi connectivity index (χ4n) is 1.94. The van der Waals surface area contributed by atoms with Crippen molar-refractivity contribution in [3.8, 4) is 11.1 Å². The third-order valence-corrected chi connectivity index (χ3v) is 2.94. The van der Waals surface area contributed by atoms with Crippen molar-refractivity contribution in [1.82, 2.24) is 9.94 Å². The van der Waals surface area contributed by atoms with Crippen LogP contribution in [0.1, 0.15) is 0 Å². The van der Waals surface area contributed by atoms with Crippen molar-refractivity contribution >= 4 is 11.8 Å². The van der Waals surface area contributed by atoms with Gasteiger partial charge in [-0.1, -0.05) is 41.2 Å². The maximum Gasteiger partial charge on any atom is 0.437 e. The van der Waals surface area contributed by atoms with Crippen molar-refractivity contribution in [3.05, 3.63) is 72.8 Å². The van der Waals surface area contributed by atoms with Crippen LogP contribution in [0.3, 0.4) is 0 Å². The first-order valence-corrected chi connectivity index (χ1v) is 6.56. The fourth-order valence-corrected chi connectivity index (χ4v) is 1.94. The minimum Gasteiger partial charge on any atom is -0.299 e. The SMILES string of the molecule is O=C(Nc1ccccc1)On1cc(-c2ccccc2F)cn1. The second kappa shape index (κ2) is 6.09. The molecule has 3 aromatic rings. The van der Waals surface area contributed by atoms with Gasteiger partial charge in [0.15, 0.2) is 0 Å². The molecule has 3 rings (SSSR count). The van der Waals surface area contributed by atoms with Gasteiger partial charge in [0.2, 0.25) is 0 Å². The summed E-state index contributed by atoms with van der Waals surface area (Å²) in [5.41, 5.74) is 1.51. The third kappa shape index (κ3) is 3.12. The Morgan fingerprint density at radius 2 is 1.82 bits per heavy atom. The number of para-hydroxylation sites is 1. The summed E-state index contributed by atoms with van der Waals surface area (Å²) in [6.45, 7) is 0. The molecule has 0 aliphatic rings. The van der Waals surface area contributed by atoms with Gasteiger partial charge in [-0.05, 0) is 18.2 Å². The Bertz CT molecular complexity index is 787. The predicted molar refractivity (Wildman–Crippen MR) is 79.7 cm³/mol. The van der Waals surface area contributed by atoms with Gasteiger partial charge in [0.1, 0.15) is 5.82 Å². The van der Waals surface area contributed by atoms with Crippen LogP contribution in [0.25, 0.3) is 11.1 Å². The molecule has 1 heterocycles. The average Bonchev–Trinajstić information content (AvgIpc) is 2.97. The van der Waals surface area contributed by atoms with Crippen molar-refractivity contribution in [2.45, 2.75) is 0 Å². The van der Waals surface area contributed by atoms with E-state index in [2.05, 4.69) is 10.4 Å². The Morgan fingerprint density at radius 1 is 1.09 bits per heavy atom. The summed E-state index contributed by atoms with van der Waals surface area (Å²) in [6, 6.07) is 15.2. The summed E-state index contributed by atoms with van der Waals surface area (Å²) in [7, 11) is 0. The number of nitrogens with one attached hydrogen (secondary N) is 1. The molecule has 0 aliphatic heterocycles. The molecule has 0 saturated carbocycles. The minimum absolute atomic E-state index is 0.365. The van der Waals surface area contributed by atoms with Crippen LogP contribution in [0.15, 0.2) is 67.0 Å². The highest BCUT2D eigenvalue weighted by atomic mass is 19.1. The van der Waals surface area contributed by atoms with Gasteiger partial charge in [-0.2, -0.15) is 0 Å². The number of hydrogen-bond donors (Lipinski definition) is 1. The molecule has 5 nitrogen and oxygen atoms in total. The van der Waals surface area contributed by atoms with Crippen LogP contribution in [-0.4, -0.2) is 16.0 Å². The standard InChI is InChI=1S/C16H12FN3O2/c17-15-9-5-4-8-14(15)12-10-18-20(11-12)22-16(21)19-13-6-2-1-3-7-13/h1-11H,(H,19,21). The quantitative estimate of drug-likeness (QED) is 0.806. The predicted octanol–water partition coefficient (Wildman–Crippen LogP) is 3.35. The summed E-state index contributed by atoms with van der Waals surface area (Å²) in [5, 5.41) is 6.44. The second-order valence-corrected chi connectivity index (χ2v) is 4.48. The molecule has 22 heavy (non-hydrogen) atoms. The van der Waals surface area contributed by atoms with Crippen molar-refractivity contribution in [2.75, 3.05) is 5.32 Å². The monoisotopic (exact) mass is 297 g/mol. The average molecular weight is 297 g/mol. The number of benzene rings is 2. The van der Waals surface area contributed by atoms with Gasteiger partial charge in [-0.25, -0.2) is 9.18 Å². The number of aromatic nitrogens is 2. The maximum atomic E-state index is 13.7. The molecule has 0 fully saturated rings. The molecule has 2 aromatic carbocycles. The third-order valence-electron chi connectivity index (χ3n) is 2.94. The minimum atomic E-state index is -0.686. The number of amides is 1. The van der Waals surface area contributed by atoms with Gasteiger partial charge < -0.3 is 0 Å². The van der Waals surface area contributed by atoms with Crippen LogP contribution in [0.5, 0.6) is 0 Å². The molecule has 0 aliphatic carbocycles. The van der Waals surface area contributed by atoms with E-state index in [1.54, 1.807) is 42.5 Å². The van der Waals surface area contributed by atoms with Crippen molar-refractivity contribution in [2.24, 2.45) is 0 Å². The number of nitrogens with zero attached hydrogens (tertiary/aromatic N) is 2. The van der Waals surface area contributed by atoms with E-state index in [-0.39, 0.29) is 5.82 Å². The number of halogens is 1. The Labute approximate surface area is 125 Å². The molecule has 6 heteroatoms. The molecule has 0 saturated heterocycles. The second-order valence-electron chi connectivity index (χ2n) is 4.48. The molecule has 0 unspecified atom stereocenters. The van der Waals surface area contributed by atoms with Crippen molar-refractivity contribution in [1.29, 1.82) is 0 Å². The number of carbonyl (C=O) groups is 1. The molecular formula is C16H12FN3O2. The normalized spacial score (nSPS) is 10.2. The molecule has 1 amide bonds. The summed E-state index contributed by atoms with van der Waals surface area (Å²) < 4.78 is 13.7. The van der Waals surface area contributed by atoms with E-state index in [9.17, 15) is 9.18 Å². The largest absolute Gasteiger partial charge is 0.437 e. The highest BCUT2D eigenvalue weighted by molar-refractivity contribution is 5.84. The van der Waals surface area contributed by atoms with Crippen molar-refractivity contribution in [3.63, 3.8) is 0 Å². The van der Waals surface area contributed by atoms with E-state index >= 15 is 0 Å². The molecule has 1 aromatic heterocycles. The molecule has 0 radical (unpaired) electrons. The number of carbonyl (C=O) groups excluding carboxylic acids is 1. The van der Waals surface area contributed by atoms with Gasteiger partial charge >= 0.3 is 6.09 Å². The molecule has 0 atom stereocenters. The Kier molecular flexibility index (Phi) is 3.82. The van der Waals surface area contributed by atoms with Crippen LogP contribution in [0, 0.1) is 5.82 Å². The van der Waals surface area contributed by atoms with Gasteiger partial charge in [0.25, 0.3) is 0 Å². The molecular weight excluding hydrogens is 285 g/mol. The van der Waals surface area contributed by atoms with Gasteiger partial charge in [-0.3, -0.25) is 10.2 Å². The van der Waals surface area contributed by atoms with Crippen LogP contribution < -0.4 is 10.2 Å². The van der Waals surface area contributed by atoms with Gasteiger partial charge in [0.05, 0.1) is 12.4 Å². The van der Waals surface area contributed by atoms with E-state index in [0.29, 0.717) is 16.8 Å². The van der Waals surface area contributed by atoms with E-state index in [0.717, 1.165) is 4.85 Å². The van der Waals surface area contributed by atoms with E-state index < -0.39 is 6.09 Å².